The summed E-state index contributed by atoms with van der Waals surface area (Å²) in [5, 5.41) is 7.42. The van der Waals surface area contributed by atoms with Gasteiger partial charge >= 0.3 is 0 Å². The van der Waals surface area contributed by atoms with Crippen LogP contribution in [0.1, 0.15) is 30.1 Å². The number of nitrogens with zero attached hydrogens (tertiary/aromatic N) is 4. The van der Waals surface area contributed by atoms with E-state index in [1.54, 1.807) is 18.6 Å². The molecule has 0 radical (unpaired) electrons. The Morgan fingerprint density at radius 3 is 2.96 bits per heavy atom. The molecule has 0 aliphatic carbocycles. The van der Waals surface area contributed by atoms with Crippen LogP contribution in [0.4, 0.5) is 0 Å². The number of fused-ring (bicyclic) bond motifs is 1. The van der Waals surface area contributed by atoms with Gasteiger partial charge in [0.15, 0.2) is 0 Å². The molecule has 1 amide bonds. The van der Waals surface area contributed by atoms with E-state index in [1.807, 2.05) is 22.9 Å². The SMILES string of the molecule is O=C(NCc1cccnc1)[C@H]1CN(C2CCOCC2)Cc2ccnn21. The highest BCUT2D eigenvalue weighted by atomic mass is 16.5. The topological polar surface area (TPSA) is 72.3 Å². The maximum atomic E-state index is 12.8. The number of rotatable bonds is 4. The number of aromatic nitrogens is 3. The van der Waals surface area contributed by atoms with Gasteiger partial charge in [-0.25, -0.2) is 0 Å². The molecule has 1 saturated heterocycles. The van der Waals surface area contributed by atoms with E-state index >= 15 is 0 Å². The zero-order valence-corrected chi connectivity index (χ0v) is 14.2. The number of hydrogen-bond donors (Lipinski definition) is 1. The Hall–Kier alpha value is -2.25. The van der Waals surface area contributed by atoms with Crippen molar-refractivity contribution < 1.29 is 9.53 Å². The van der Waals surface area contributed by atoms with Crippen LogP contribution in [0.15, 0.2) is 36.8 Å². The fourth-order valence-corrected chi connectivity index (χ4v) is 3.65. The molecule has 132 valence electrons. The predicted octanol–water partition coefficient (Wildman–Crippen LogP) is 1.13. The first kappa shape index (κ1) is 16.2. The molecule has 1 N–H and O–H groups in total. The molecular formula is C18H23N5O2. The Morgan fingerprint density at radius 1 is 1.28 bits per heavy atom. The van der Waals surface area contributed by atoms with E-state index in [0.717, 1.165) is 43.9 Å². The average Bonchev–Trinajstić information content (AvgIpc) is 3.15. The summed E-state index contributed by atoms with van der Waals surface area (Å²) >= 11 is 0. The lowest BCUT2D eigenvalue weighted by atomic mass is 10.0. The third-order valence-electron chi connectivity index (χ3n) is 5.02. The molecule has 4 heterocycles. The molecule has 0 saturated carbocycles. The fraction of sp³-hybridized carbons (Fsp3) is 0.500. The van der Waals surface area contributed by atoms with E-state index in [2.05, 4.69) is 20.3 Å². The molecule has 4 rings (SSSR count). The summed E-state index contributed by atoms with van der Waals surface area (Å²) in [5.41, 5.74) is 2.09. The van der Waals surface area contributed by atoms with Crippen LogP contribution in [-0.4, -0.2) is 51.4 Å². The van der Waals surface area contributed by atoms with Gasteiger partial charge in [-0.3, -0.25) is 19.4 Å². The second-order valence-corrected chi connectivity index (χ2v) is 6.63. The summed E-state index contributed by atoms with van der Waals surface area (Å²) < 4.78 is 7.35. The minimum Gasteiger partial charge on any atom is -0.381 e. The number of ether oxygens (including phenoxy) is 1. The van der Waals surface area contributed by atoms with Gasteiger partial charge in [0.1, 0.15) is 6.04 Å². The van der Waals surface area contributed by atoms with Crippen molar-refractivity contribution in [3.8, 4) is 0 Å². The molecule has 0 unspecified atom stereocenters. The van der Waals surface area contributed by atoms with Crippen molar-refractivity contribution in [2.75, 3.05) is 19.8 Å². The molecule has 25 heavy (non-hydrogen) atoms. The van der Waals surface area contributed by atoms with E-state index in [1.165, 1.54) is 0 Å². The van der Waals surface area contributed by atoms with Crippen molar-refractivity contribution in [3.63, 3.8) is 0 Å². The molecule has 0 spiro atoms. The van der Waals surface area contributed by atoms with Gasteiger partial charge in [-0.05, 0) is 30.5 Å². The number of carbonyl (C=O) groups is 1. The molecular weight excluding hydrogens is 318 g/mol. The Balaban J connectivity index is 1.46. The number of nitrogens with one attached hydrogen (secondary N) is 1. The second kappa shape index (κ2) is 7.33. The Bertz CT molecular complexity index is 711. The van der Waals surface area contributed by atoms with E-state index < -0.39 is 0 Å². The van der Waals surface area contributed by atoms with Gasteiger partial charge in [-0.2, -0.15) is 5.10 Å². The van der Waals surface area contributed by atoms with Gasteiger partial charge in [0.25, 0.3) is 0 Å². The number of carbonyl (C=O) groups excluding carboxylic acids is 1. The van der Waals surface area contributed by atoms with Crippen LogP contribution in [0.2, 0.25) is 0 Å². The van der Waals surface area contributed by atoms with Crippen LogP contribution in [0.3, 0.4) is 0 Å². The van der Waals surface area contributed by atoms with Crippen LogP contribution < -0.4 is 5.32 Å². The Morgan fingerprint density at radius 2 is 2.16 bits per heavy atom. The average molecular weight is 341 g/mol. The van der Waals surface area contributed by atoms with E-state index in [-0.39, 0.29) is 11.9 Å². The van der Waals surface area contributed by atoms with Crippen molar-refractivity contribution in [1.29, 1.82) is 0 Å². The summed E-state index contributed by atoms with van der Waals surface area (Å²) in [5.74, 6) is 0.00515. The first-order valence-electron chi connectivity index (χ1n) is 8.82. The lowest BCUT2D eigenvalue weighted by molar-refractivity contribution is -0.126. The molecule has 0 bridgehead atoms. The molecule has 2 aliphatic rings. The Labute approximate surface area is 147 Å². The zero-order valence-electron chi connectivity index (χ0n) is 14.2. The highest BCUT2D eigenvalue weighted by Gasteiger charge is 2.34. The largest absolute Gasteiger partial charge is 0.381 e. The van der Waals surface area contributed by atoms with Gasteiger partial charge < -0.3 is 10.1 Å². The first-order valence-corrected chi connectivity index (χ1v) is 8.82. The fourth-order valence-electron chi connectivity index (χ4n) is 3.65. The van der Waals surface area contributed by atoms with Gasteiger partial charge in [0, 0.05) is 57.5 Å². The van der Waals surface area contributed by atoms with Gasteiger partial charge in [-0.1, -0.05) is 6.07 Å². The summed E-state index contributed by atoms with van der Waals surface area (Å²) in [6.45, 7) is 3.63. The lowest BCUT2D eigenvalue weighted by Gasteiger charge is -2.39. The van der Waals surface area contributed by atoms with Crippen molar-refractivity contribution in [2.45, 2.75) is 38.0 Å². The van der Waals surface area contributed by atoms with E-state index in [4.69, 9.17) is 4.74 Å². The quantitative estimate of drug-likeness (QED) is 0.903. The van der Waals surface area contributed by atoms with Gasteiger partial charge in [0.05, 0.1) is 5.69 Å². The molecule has 7 heteroatoms. The minimum atomic E-state index is -0.293. The first-order chi connectivity index (χ1) is 12.3. The van der Waals surface area contributed by atoms with Crippen molar-refractivity contribution in [3.05, 3.63) is 48.0 Å². The highest BCUT2D eigenvalue weighted by Crippen LogP contribution is 2.26. The molecule has 2 aliphatic heterocycles. The highest BCUT2D eigenvalue weighted by molar-refractivity contribution is 5.80. The molecule has 0 aromatic carbocycles. The Kier molecular flexibility index (Phi) is 4.76. The van der Waals surface area contributed by atoms with Crippen LogP contribution in [-0.2, 0) is 22.6 Å². The number of hydrogen-bond acceptors (Lipinski definition) is 5. The molecule has 2 aromatic rings. The smallest absolute Gasteiger partial charge is 0.246 e. The monoisotopic (exact) mass is 341 g/mol. The molecule has 7 nitrogen and oxygen atoms in total. The molecule has 1 fully saturated rings. The van der Waals surface area contributed by atoms with Crippen molar-refractivity contribution in [1.82, 2.24) is 25.0 Å². The van der Waals surface area contributed by atoms with Crippen LogP contribution in [0.25, 0.3) is 0 Å². The van der Waals surface area contributed by atoms with Crippen LogP contribution >= 0.6 is 0 Å². The molecule has 2 aromatic heterocycles. The third-order valence-corrected chi connectivity index (χ3v) is 5.02. The predicted molar refractivity (Wildman–Crippen MR) is 91.6 cm³/mol. The maximum Gasteiger partial charge on any atom is 0.246 e. The van der Waals surface area contributed by atoms with Gasteiger partial charge in [0.2, 0.25) is 5.91 Å². The van der Waals surface area contributed by atoms with Crippen molar-refractivity contribution >= 4 is 5.91 Å². The maximum absolute atomic E-state index is 12.8. The third kappa shape index (κ3) is 3.57. The lowest BCUT2D eigenvalue weighted by Crippen LogP contribution is -2.49. The summed E-state index contributed by atoms with van der Waals surface area (Å²) in [6, 6.07) is 6.03. The standard InChI is InChI=1S/C18H23N5O2/c24-18(20-11-14-2-1-6-19-10-14)17-13-22(15-4-8-25-9-5-15)12-16-3-7-21-23(16)17/h1-3,6-7,10,15,17H,4-5,8-9,11-13H2,(H,20,24)/t17-/m1/s1. The zero-order chi connectivity index (χ0) is 17.1. The van der Waals surface area contributed by atoms with E-state index in [0.29, 0.717) is 19.1 Å². The van der Waals surface area contributed by atoms with Crippen LogP contribution in [0.5, 0.6) is 0 Å². The van der Waals surface area contributed by atoms with Gasteiger partial charge in [-0.15, -0.1) is 0 Å². The summed E-state index contributed by atoms with van der Waals surface area (Å²) in [7, 11) is 0. The number of pyridine rings is 1. The minimum absolute atomic E-state index is 0.00515. The number of amides is 1. The van der Waals surface area contributed by atoms with Crippen LogP contribution in [0, 0.1) is 0 Å². The summed E-state index contributed by atoms with van der Waals surface area (Å²) in [6.07, 6.45) is 7.34. The normalized spacial score (nSPS) is 21.7. The van der Waals surface area contributed by atoms with E-state index in [9.17, 15) is 4.79 Å². The summed E-state index contributed by atoms with van der Waals surface area (Å²) in [4.78, 5) is 19.3. The second-order valence-electron chi connectivity index (χ2n) is 6.63. The molecule has 1 atom stereocenters. The van der Waals surface area contributed by atoms with Crippen molar-refractivity contribution in [2.24, 2.45) is 0 Å².